The summed E-state index contributed by atoms with van der Waals surface area (Å²) in [6, 6.07) is 26.7. The minimum Gasteiger partial charge on any atom is -0.453 e. The van der Waals surface area contributed by atoms with Gasteiger partial charge in [-0.05, 0) is 40.0 Å². The van der Waals surface area contributed by atoms with Gasteiger partial charge in [-0.1, -0.05) is 88.0 Å². The van der Waals surface area contributed by atoms with E-state index in [4.69, 9.17) is 9.16 Å². The Morgan fingerprint density at radius 2 is 1.47 bits per heavy atom. The van der Waals surface area contributed by atoms with Crippen molar-refractivity contribution >= 4 is 30.3 Å². The van der Waals surface area contributed by atoms with E-state index in [1.165, 1.54) is 12.1 Å². The smallest absolute Gasteiger partial charge is 0.334 e. The summed E-state index contributed by atoms with van der Waals surface area (Å²) in [4.78, 5) is 23.4. The molecule has 2 atom stereocenters. The van der Waals surface area contributed by atoms with Gasteiger partial charge < -0.3 is 9.16 Å². The standard InChI is InChI=1S/C29H31NO5Si/c1-21-27(31)35-26(22-16-18-23(19-17-22)30(32)33)29(21,5)20-34-36(28(2,3)4,24-12-8-6-9-13-24)25-14-10-7-11-15-25/h6-19,26H,1,20H2,2-5H3/t26-,29+/m1/s1. The molecule has 1 aliphatic heterocycles. The lowest BCUT2D eigenvalue weighted by molar-refractivity contribution is -0.384. The molecule has 0 radical (unpaired) electrons. The predicted molar refractivity (Wildman–Crippen MR) is 143 cm³/mol. The molecule has 1 aliphatic rings. The number of carbonyl (C=O) groups is 1. The molecule has 36 heavy (non-hydrogen) atoms. The Labute approximate surface area is 212 Å². The van der Waals surface area contributed by atoms with Crippen LogP contribution in [0, 0.1) is 15.5 Å². The Hall–Kier alpha value is -3.55. The molecule has 0 amide bonds. The van der Waals surface area contributed by atoms with E-state index in [9.17, 15) is 14.9 Å². The first-order chi connectivity index (χ1) is 17.0. The second-order valence-electron chi connectivity index (χ2n) is 10.5. The first kappa shape index (κ1) is 25.5. The maximum Gasteiger partial charge on any atom is 0.334 e. The topological polar surface area (TPSA) is 78.7 Å². The lowest BCUT2D eigenvalue weighted by Crippen LogP contribution is -2.67. The zero-order valence-corrected chi connectivity index (χ0v) is 22.1. The number of esters is 1. The molecule has 1 saturated heterocycles. The fourth-order valence-corrected chi connectivity index (χ4v) is 9.76. The normalized spacial score (nSPS) is 20.3. The number of nitro groups is 1. The van der Waals surface area contributed by atoms with Crippen molar-refractivity contribution in [1.29, 1.82) is 0 Å². The number of nitro benzene ring substituents is 1. The second-order valence-corrected chi connectivity index (χ2v) is 14.8. The van der Waals surface area contributed by atoms with Crippen LogP contribution in [0.3, 0.4) is 0 Å². The highest BCUT2D eigenvalue weighted by Gasteiger charge is 2.55. The van der Waals surface area contributed by atoms with E-state index in [1.54, 1.807) is 12.1 Å². The molecule has 1 heterocycles. The summed E-state index contributed by atoms with van der Waals surface area (Å²) in [6.45, 7) is 12.8. The highest BCUT2D eigenvalue weighted by atomic mass is 28.4. The molecule has 0 aromatic heterocycles. The summed E-state index contributed by atoms with van der Waals surface area (Å²) in [5, 5.41) is 13.2. The molecular weight excluding hydrogens is 470 g/mol. The average Bonchev–Trinajstić information content (AvgIpc) is 3.09. The molecule has 6 nitrogen and oxygen atoms in total. The molecule has 4 rings (SSSR count). The van der Waals surface area contributed by atoms with Gasteiger partial charge >= 0.3 is 5.97 Å². The molecule has 0 unspecified atom stereocenters. The Morgan fingerprint density at radius 1 is 0.972 bits per heavy atom. The molecule has 3 aromatic carbocycles. The van der Waals surface area contributed by atoms with Gasteiger partial charge in [-0.3, -0.25) is 10.1 Å². The predicted octanol–water partition coefficient (Wildman–Crippen LogP) is 5.33. The average molecular weight is 502 g/mol. The summed E-state index contributed by atoms with van der Waals surface area (Å²) in [7, 11) is -2.87. The van der Waals surface area contributed by atoms with Crippen molar-refractivity contribution in [3.63, 3.8) is 0 Å². The van der Waals surface area contributed by atoms with Crippen molar-refractivity contribution in [2.75, 3.05) is 6.61 Å². The van der Waals surface area contributed by atoms with Gasteiger partial charge in [-0.2, -0.15) is 0 Å². The quantitative estimate of drug-likeness (QED) is 0.144. The Kier molecular flexibility index (Phi) is 6.73. The maximum atomic E-state index is 12.7. The van der Waals surface area contributed by atoms with Gasteiger partial charge in [0.25, 0.3) is 14.0 Å². The molecule has 7 heteroatoms. The third-order valence-corrected chi connectivity index (χ3v) is 12.1. The van der Waals surface area contributed by atoms with Gasteiger partial charge in [0.1, 0.15) is 6.10 Å². The Bertz CT molecular complexity index is 1230. The fourth-order valence-electron chi connectivity index (χ4n) is 5.09. The van der Waals surface area contributed by atoms with Gasteiger partial charge in [0.15, 0.2) is 0 Å². The second kappa shape index (κ2) is 9.48. The van der Waals surface area contributed by atoms with E-state index in [0.29, 0.717) is 11.1 Å². The number of nitrogens with zero attached hydrogens (tertiary/aromatic N) is 1. The molecule has 0 bridgehead atoms. The SMILES string of the molecule is C=C1C(=O)O[C@H](c2ccc([N+](=O)[O-])cc2)[C@@]1(C)CO[Si](c1ccccc1)(c1ccccc1)C(C)(C)C. The molecule has 0 N–H and O–H groups in total. The van der Waals surface area contributed by atoms with E-state index in [1.807, 2.05) is 43.3 Å². The Morgan fingerprint density at radius 3 is 1.92 bits per heavy atom. The number of benzene rings is 3. The first-order valence-corrected chi connectivity index (χ1v) is 13.8. The van der Waals surface area contributed by atoms with Crippen molar-refractivity contribution in [3.05, 3.63) is 113 Å². The number of rotatable bonds is 7. The van der Waals surface area contributed by atoms with E-state index < -0.39 is 30.7 Å². The van der Waals surface area contributed by atoms with E-state index in [0.717, 1.165) is 10.4 Å². The van der Waals surface area contributed by atoms with Crippen LogP contribution in [0.2, 0.25) is 5.04 Å². The van der Waals surface area contributed by atoms with Gasteiger partial charge in [0.2, 0.25) is 0 Å². The largest absolute Gasteiger partial charge is 0.453 e. The van der Waals surface area contributed by atoms with Gasteiger partial charge in [-0.25, -0.2) is 4.79 Å². The van der Waals surface area contributed by atoms with Crippen molar-refractivity contribution in [3.8, 4) is 0 Å². The van der Waals surface area contributed by atoms with Crippen molar-refractivity contribution in [2.24, 2.45) is 5.41 Å². The van der Waals surface area contributed by atoms with Crippen LogP contribution < -0.4 is 10.4 Å². The van der Waals surface area contributed by atoms with Crippen LogP contribution >= 0.6 is 0 Å². The molecule has 3 aromatic rings. The number of non-ortho nitro benzene ring substituents is 1. The van der Waals surface area contributed by atoms with Crippen LogP contribution in [0.4, 0.5) is 5.69 Å². The third kappa shape index (κ3) is 4.29. The lowest BCUT2D eigenvalue weighted by Gasteiger charge is -2.45. The molecule has 0 saturated carbocycles. The van der Waals surface area contributed by atoms with Crippen molar-refractivity contribution in [1.82, 2.24) is 0 Å². The minimum absolute atomic E-state index is 0.0211. The van der Waals surface area contributed by atoms with Crippen LogP contribution in [-0.4, -0.2) is 25.8 Å². The molecule has 0 spiro atoms. The molecular formula is C29H31NO5Si. The number of hydrogen-bond donors (Lipinski definition) is 0. The summed E-state index contributed by atoms with van der Waals surface area (Å²) in [5.41, 5.74) is 0.123. The number of cyclic esters (lactones) is 1. The number of carbonyl (C=O) groups excluding carboxylic acids is 1. The molecule has 0 aliphatic carbocycles. The van der Waals surface area contributed by atoms with Crippen LogP contribution in [0.25, 0.3) is 0 Å². The zero-order valence-electron chi connectivity index (χ0n) is 21.1. The maximum absolute atomic E-state index is 12.7. The molecule has 1 fully saturated rings. The fraction of sp³-hybridized carbons (Fsp3) is 0.276. The zero-order chi connectivity index (χ0) is 26.1. The van der Waals surface area contributed by atoms with Gasteiger partial charge in [0.05, 0.1) is 10.3 Å². The summed E-state index contributed by atoms with van der Waals surface area (Å²) in [5.74, 6) is -0.480. The monoisotopic (exact) mass is 501 g/mol. The summed E-state index contributed by atoms with van der Waals surface area (Å²) < 4.78 is 12.9. The number of ether oxygens (including phenoxy) is 1. The highest BCUT2D eigenvalue weighted by Crippen LogP contribution is 2.50. The van der Waals surface area contributed by atoms with Crippen molar-refractivity contribution in [2.45, 2.75) is 38.8 Å². The molecule has 186 valence electrons. The van der Waals surface area contributed by atoms with Crippen LogP contribution in [0.5, 0.6) is 0 Å². The van der Waals surface area contributed by atoms with E-state index in [-0.39, 0.29) is 17.3 Å². The van der Waals surface area contributed by atoms with Crippen molar-refractivity contribution < 1.29 is 18.9 Å². The van der Waals surface area contributed by atoms with E-state index >= 15 is 0 Å². The summed E-state index contributed by atoms with van der Waals surface area (Å²) in [6.07, 6.45) is -0.670. The summed E-state index contributed by atoms with van der Waals surface area (Å²) >= 11 is 0. The minimum atomic E-state index is -2.87. The highest BCUT2D eigenvalue weighted by molar-refractivity contribution is 6.99. The first-order valence-electron chi connectivity index (χ1n) is 11.9. The van der Waals surface area contributed by atoms with Gasteiger partial charge in [0, 0.05) is 24.3 Å². The number of hydrogen-bond acceptors (Lipinski definition) is 5. The Balaban J connectivity index is 1.79. The lowest BCUT2D eigenvalue weighted by atomic mass is 9.78. The van der Waals surface area contributed by atoms with Crippen LogP contribution in [-0.2, 0) is 14.0 Å². The van der Waals surface area contributed by atoms with Crippen LogP contribution in [0.1, 0.15) is 39.4 Å². The van der Waals surface area contributed by atoms with Gasteiger partial charge in [-0.15, -0.1) is 0 Å². The third-order valence-electron chi connectivity index (χ3n) is 7.15. The van der Waals surface area contributed by atoms with Crippen LogP contribution in [0.15, 0.2) is 97.1 Å². The van der Waals surface area contributed by atoms with E-state index in [2.05, 4.69) is 51.6 Å².